The first-order valence-corrected chi connectivity index (χ1v) is 7.63. The fourth-order valence-electron chi connectivity index (χ4n) is 2.08. The zero-order valence-corrected chi connectivity index (χ0v) is 13.7. The van der Waals surface area contributed by atoms with Gasteiger partial charge in [-0.25, -0.2) is 0 Å². The minimum Gasteiger partial charge on any atom is -0.456 e. The van der Waals surface area contributed by atoms with E-state index in [0.717, 1.165) is 11.3 Å². The molecular formula is C18H22ClNO. The van der Waals surface area contributed by atoms with E-state index in [1.807, 2.05) is 37.4 Å². The number of hydrogen-bond acceptors (Lipinski definition) is 2. The summed E-state index contributed by atoms with van der Waals surface area (Å²) in [6.45, 7) is 6.44. The van der Waals surface area contributed by atoms with Crippen LogP contribution in [0.3, 0.4) is 0 Å². The molecule has 0 spiro atoms. The summed E-state index contributed by atoms with van der Waals surface area (Å²) >= 11 is 6.31. The van der Waals surface area contributed by atoms with E-state index >= 15 is 0 Å². The van der Waals surface area contributed by atoms with Crippen LogP contribution in [0.15, 0.2) is 42.5 Å². The Morgan fingerprint density at radius 1 is 0.952 bits per heavy atom. The van der Waals surface area contributed by atoms with Gasteiger partial charge in [-0.3, -0.25) is 0 Å². The molecule has 0 amide bonds. The molecule has 1 atom stereocenters. The van der Waals surface area contributed by atoms with E-state index in [4.69, 9.17) is 16.3 Å². The first-order valence-electron chi connectivity index (χ1n) is 7.25. The van der Waals surface area contributed by atoms with Crippen molar-refractivity contribution in [2.75, 3.05) is 7.05 Å². The molecule has 0 saturated carbocycles. The van der Waals surface area contributed by atoms with Crippen molar-refractivity contribution in [2.24, 2.45) is 0 Å². The number of hydrogen-bond donors (Lipinski definition) is 1. The number of rotatable bonds is 5. The molecule has 2 aromatic carbocycles. The van der Waals surface area contributed by atoms with E-state index in [9.17, 15) is 0 Å². The van der Waals surface area contributed by atoms with Gasteiger partial charge in [0.2, 0.25) is 0 Å². The maximum atomic E-state index is 6.31. The minimum atomic E-state index is 0.266. The summed E-state index contributed by atoms with van der Waals surface area (Å²) in [6, 6.07) is 14.3. The van der Waals surface area contributed by atoms with Crippen LogP contribution in [-0.4, -0.2) is 7.05 Å². The molecule has 0 heterocycles. The Morgan fingerprint density at radius 2 is 1.57 bits per heavy atom. The normalized spacial score (nSPS) is 12.5. The van der Waals surface area contributed by atoms with Crippen LogP contribution in [0.1, 0.15) is 43.9 Å². The maximum absolute atomic E-state index is 6.31. The Labute approximate surface area is 132 Å². The van der Waals surface area contributed by atoms with Gasteiger partial charge in [-0.2, -0.15) is 0 Å². The van der Waals surface area contributed by atoms with Gasteiger partial charge in [-0.1, -0.05) is 43.6 Å². The van der Waals surface area contributed by atoms with Gasteiger partial charge in [-0.15, -0.1) is 0 Å². The second-order valence-electron chi connectivity index (χ2n) is 5.53. The van der Waals surface area contributed by atoms with Crippen LogP contribution in [0.2, 0.25) is 5.02 Å². The second kappa shape index (κ2) is 6.97. The Bertz CT molecular complexity index is 593. The highest BCUT2D eigenvalue weighted by atomic mass is 35.5. The van der Waals surface area contributed by atoms with Crippen molar-refractivity contribution in [2.45, 2.75) is 32.7 Å². The number of halogens is 1. The average molecular weight is 304 g/mol. The van der Waals surface area contributed by atoms with Crippen LogP contribution in [-0.2, 0) is 0 Å². The molecule has 0 aliphatic heterocycles. The molecule has 2 nitrogen and oxygen atoms in total. The molecule has 2 rings (SSSR count). The third-order valence-corrected chi connectivity index (χ3v) is 3.96. The van der Waals surface area contributed by atoms with Crippen LogP contribution in [0.5, 0.6) is 11.5 Å². The zero-order valence-electron chi connectivity index (χ0n) is 13.0. The molecule has 2 aromatic rings. The molecule has 0 aliphatic rings. The van der Waals surface area contributed by atoms with Gasteiger partial charge >= 0.3 is 0 Å². The van der Waals surface area contributed by atoms with E-state index in [2.05, 4.69) is 38.2 Å². The van der Waals surface area contributed by atoms with Gasteiger partial charge in [0, 0.05) is 6.04 Å². The van der Waals surface area contributed by atoms with Crippen molar-refractivity contribution in [3.63, 3.8) is 0 Å². The second-order valence-corrected chi connectivity index (χ2v) is 5.93. The molecule has 3 heteroatoms. The lowest BCUT2D eigenvalue weighted by molar-refractivity contribution is 0.482. The van der Waals surface area contributed by atoms with Gasteiger partial charge in [-0.05, 0) is 55.3 Å². The molecule has 1 N–H and O–H groups in total. The molecule has 0 aromatic heterocycles. The molecule has 1 unspecified atom stereocenters. The molecule has 0 radical (unpaired) electrons. The molecule has 0 bridgehead atoms. The Balaban J connectivity index is 2.16. The zero-order chi connectivity index (χ0) is 15.4. The van der Waals surface area contributed by atoms with Crippen LogP contribution in [0.4, 0.5) is 0 Å². The molecule has 0 aliphatic carbocycles. The van der Waals surface area contributed by atoms with Gasteiger partial charge < -0.3 is 10.1 Å². The molecule has 21 heavy (non-hydrogen) atoms. The van der Waals surface area contributed by atoms with E-state index in [-0.39, 0.29) is 6.04 Å². The smallest absolute Gasteiger partial charge is 0.146 e. The SMILES string of the molecule is CNC(C)c1ccc(Oc2ccc(C(C)C)cc2)c(Cl)c1. The fourth-order valence-corrected chi connectivity index (χ4v) is 2.31. The van der Waals surface area contributed by atoms with E-state index in [1.165, 1.54) is 5.56 Å². The Hall–Kier alpha value is -1.51. The van der Waals surface area contributed by atoms with E-state index in [0.29, 0.717) is 16.7 Å². The van der Waals surface area contributed by atoms with E-state index in [1.54, 1.807) is 0 Å². The largest absolute Gasteiger partial charge is 0.456 e. The van der Waals surface area contributed by atoms with Crippen molar-refractivity contribution in [3.05, 3.63) is 58.6 Å². The monoisotopic (exact) mass is 303 g/mol. The summed E-state index contributed by atoms with van der Waals surface area (Å²) in [4.78, 5) is 0. The van der Waals surface area contributed by atoms with Gasteiger partial charge in [0.05, 0.1) is 5.02 Å². The first-order chi connectivity index (χ1) is 10.0. The predicted octanol–water partition coefficient (Wildman–Crippen LogP) is 5.54. The van der Waals surface area contributed by atoms with Crippen molar-refractivity contribution >= 4 is 11.6 Å². The molecule has 0 fully saturated rings. The third-order valence-electron chi connectivity index (χ3n) is 3.66. The van der Waals surface area contributed by atoms with Gasteiger partial charge in [0.1, 0.15) is 11.5 Å². The van der Waals surface area contributed by atoms with Crippen LogP contribution < -0.4 is 10.1 Å². The van der Waals surface area contributed by atoms with Crippen LogP contribution in [0, 0.1) is 0 Å². The van der Waals surface area contributed by atoms with Crippen LogP contribution in [0.25, 0.3) is 0 Å². The summed E-state index contributed by atoms with van der Waals surface area (Å²) in [5.41, 5.74) is 2.44. The van der Waals surface area contributed by atoms with Gasteiger partial charge in [0.25, 0.3) is 0 Å². The predicted molar refractivity (Wildman–Crippen MR) is 89.5 cm³/mol. The lowest BCUT2D eigenvalue weighted by atomic mass is 10.0. The quantitative estimate of drug-likeness (QED) is 0.783. The highest BCUT2D eigenvalue weighted by molar-refractivity contribution is 6.32. The Kier molecular flexibility index (Phi) is 5.27. The fraction of sp³-hybridized carbons (Fsp3) is 0.333. The number of nitrogens with one attached hydrogen (secondary N) is 1. The van der Waals surface area contributed by atoms with Crippen LogP contribution >= 0.6 is 11.6 Å². The molecule has 112 valence electrons. The molecular weight excluding hydrogens is 282 g/mol. The number of benzene rings is 2. The van der Waals surface area contributed by atoms with Gasteiger partial charge in [0.15, 0.2) is 0 Å². The summed E-state index contributed by atoms with van der Waals surface area (Å²) in [7, 11) is 1.93. The standard InChI is InChI=1S/C18H22ClNO/c1-12(2)14-5-8-16(9-6-14)21-18-10-7-15(11-17(18)19)13(3)20-4/h5-13,20H,1-4H3. The summed E-state index contributed by atoms with van der Waals surface area (Å²) in [6.07, 6.45) is 0. The average Bonchev–Trinajstić information content (AvgIpc) is 2.49. The lowest BCUT2D eigenvalue weighted by Gasteiger charge is -2.14. The minimum absolute atomic E-state index is 0.266. The summed E-state index contributed by atoms with van der Waals surface area (Å²) < 4.78 is 5.86. The van der Waals surface area contributed by atoms with E-state index < -0.39 is 0 Å². The topological polar surface area (TPSA) is 21.3 Å². The van der Waals surface area contributed by atoms with Crippen molar-refractivity contribution in [1.29, 1.82) is 0 Å². The first kappa shape index (κ1) is 15.9. The third kappa shape index (κ3) is 3.99. The highest BCUT2D eigenvalue weighted by Crippen LogP contribution is 2.32. The summed E-state index contributed by atoms with van der Waals surface area (Å²) in [5, 5.41) is 3.82. The number of ether oxygens (including phenoxy) is 1. The molecule has 0 saturated heterocycles. The lowest BCUT2D eigenvalue weighted by Crippen LogP contribution is -2.12. The van der Waals surface area contributed by atoms with Crippen molar-refractivity contribution < 1.29 is 4.74 Å². The highest BCUT2D eigenvalue weighted by Gasteiger charge is 2.08. The van der Waals surface area contributed by atoms with Crippen molar-refractivity contribution in [3.8, 4) is 11.5 Å². The Morgan fingerprint density at radius 3 is 2.10 bits per heavy atom. The van der Waals surface area contributed by atoms with Crippen molar-refractivity contribution in [1.82, 2.24) is 5.32 Å². The summed E-state index contributed by atoms with van der Waals surface area (Å²) in [5.74, 6) is 2.00. The maximum Gasteiger partial charge on any atom is 0.146 e.